The molecule has 0 spiro atoms. The van der Waals surface area contributed by atoms with Crippen molar-refractivity contribution in [1.82, 2.24) is 5.43 Å². The molecule has 0 aromatic heterocycles. The minimum Gasteiger partial charge on any atom is -0.493 e. The van der Waals surface area contributed by atoms with E-state index in [1.165, 1.54) is 0 Å². The van der Waals surface area contributed by atoms with Crippen molar-refractivity contribution in [3.05, 3.63) is 59.7 Å². The summed E-state index contributed by atoms with van der Waals surface area (Å²) in [6.45, 7) is 0. The SMILES string of the molecule is COc1ccc(CC2CC(c3ccccc3)=NNC2=O)cc1OC. The molecule has 24 heavy (non-hydrogen) atoms. The van der Waals surface area contributed by atoms with E-state index in [0.29, 0.717) is 24.3 Å². The Balaban J connectivity index is 1.78. The van der Waals surface area contributed by atoms with Crippen molar-refractivity contribution in [1.29, 1.82) is 0 Å². The molecule has 0 radical (unpaired) electrons. The third-order valence-electron chi connectivity index (χ3n) is 4.15. The third-order valence-corrected chi connectivity index (χ3v) is 4.15. The maximum Gasteiger partial charge on any atom is 0.243 e. The van der Waals surface area contributed by atoms with Crippen LogP contribution in [0.5, 0.6) is 11.5 Å². The summed E-state index contributed by atoms with van der Waals surface area (Å²) in [4.78, 5) is 12.2. The minimum absolute atomic E-state index is 0.0514. The summed E-state index contributed by atoms with van der Waals surface area (Å²) in [5.41, 5.74) is 5.62. The molecule has 1 atom stereocenters. The first-order valence-electron chi connectivity index (χ1n) is 7.84. The smallest absolute Gasteiger partial charge is 0.243 e. The van der Waals surface area contributed by atoms with E-state index < -0.39 is 0 Å². The van der Waals surface area contributed by atoms with Crippen LogP contribution in [0.3, 0.4) is 0 Å². The van der Waals surface area contributed by atoms with Crippen LogP contribution >= 0.6 is 0 Å². The third kappa shape index (κ3) is 3.40. The van der Waals surface area contributed by atoms with E-state index in [9.17, 15) is 4.79 Å². The molecule has 5 nitrogen and oxygen atoms in total. The van der Waals surface area contributed by atoms with Gasteiger partial charge in [-0.15, -0.1) is 0 Å². The zero-order chi connectivity index (χ0) is 16.9. The van der Waals surface area contributed by atoms with Crippen LogP contribution in [0.4, 0.5) is 0 Å². The van der Waals surface area contributed by atoms with E-state index in [0.717, 1.165) is 16.8 Å². The molecule has 0 saturated carbocycles. The van der Waals surface area contributed by atoms with Crippen LogP contribution in [0.2, 0.25) is 0 Å². The standard InChI is InChI=1S/C19H20N2O3/c1-23-17-9-8-13(11-18(17)24-2)10-15-12-16(20-21-19(15)22)14-6-4-3-5-7-14/h3-9,11,15H,10,12H2,1-2H3,(H,21,22). The molecule has 1 N–H and O–H groups in total. The van der Waals surface area contributed by atoms with Gasteiger partial charge in [0.05, 0.1) is 19.9 Å². The van der Waals surface area contributed by atoms with E-state index in [2.05, 4.69) is 10.5 Å². The lowest BCUT2D eigenvalue weighted by molar-refractivity contribution is -0.125. The zero-order valence-electron chi connectivity index (χ0n) is 13.8. The van der Waals surface area contributed by atoms with Crippen molar-refractivity contribution in [2.24, 2.45) is 11.0 Å². The predicted octanol–water partition coefficient (Wildman–Crippen LogP) is 2.79. The Morgan fingerprint density at radius 2 is 1.83 bits per heavy atom. The van der Waals surface area contributed by atoms with Gasteiger partial charge in [-0.2, -0.15) is 5.10 Å². The number of hydrogen-bond acceptors (Lipinski definition) is 4. The van der Waals surface area contributed by atoms with E-state index in [-0.39, 0.29) is 11.8 Å². The maximum atomic E-state index is 12.2. The molecule has 5 heteroatoms. The number of nitrogens with one attached hydrogen (secondary N) is 1. The van der Waals surface area contributed by atoms with E-state index in [4.69, 9.17) is 9.47 Å². The number of carbonyl (C=O) groups excluding carboxylic acids is 1. The van der Waals surface area contributed by atoms with Crippen LogP contribution in [0.15, 0.2) is 53.6 Å². The van der Waals surface area contributed by atoms with Crippen molar-refractivity contribution >= 4 is 11.6 Å². The van der Waals surface area contributed by atoms with Gasteiger partial charge in [-0.3, -0.25) is 4.79 Å². The van der Waals surface area contributed by atoms with Gasteiger partial charge in [0.2, 0.25) is 5.91 Å². The van der Waals surface area contributed by atoms with E-state index in [1.54, 1.807) is 14.2 Å². The lowest BCUT2D eigenvalue weighted by atomic mass is 9.90. The molecule has 0 fully saturated rings. The van der Waals surface area contributed by atoms with Crippen LogP contribution in [0, 0.1) is 5.92 Å². The molecule has 1 unspecified atom stereocenters. The minimum atomic E-state index is -0.157. The molecule has 0 bridgehead atoms. The van der Waals surface area contributed by atoms with Gasteiger partial charge in [0.25, 0.3) is 0 Å². The van der Waals surface area contributed by atoms with Gasteiger partial charge in [0.15, 0.2) is 11.5 Å². The van der Waals surface area contributed by atoms with Gasteiger partial charge in [-0.25, -0.2) is 5.43 Å². The number of benzene rings is 2. The largest absolute Gasteiger partial charge is 0.493 e. The average Bonchev–Trinajstić information content (AvgIpc) is 2.64. The summed E-state index contributed by atoms with van der Waals surface area (Å²) < 4.78 is 10.6. The van der Waals surface area contributed by atoms with E-state index in [1.807, 2.05) is 48.5 Å². The Kier molecular flexibility index (Phi) is 4.79. The number of hydrogen-bond donors (Lipinski definition) is 1. The molecule has 1 heterocycles. The molecule has 0 aliphatic carbocycles. The zero-order valence-corrected chi connectivity index (χ0v) is 13.8. The second kappa shape index (κ2) is 7.17. The van der Waals surface area contributed by atoms with Crippen LogP contribution < -0.4 is 14.9 Å². The number of carbonyl (C=O) groups is 1. The lowest BCUT2D eigenvalue weighted by Gasteiger charge is -2.22. The number of methoxy groups -OCH3 is 2. The van der Waals surface area contributed by atoms with Crippen LogP contribution in [0.25, 0.3) is 0 Å². The Bertz CT molecular complexity index is 756. The predicted molar refractivity (Wildman–Crippen MR) is 92.5 cm³/mol. The molecule has 1 amide bonds. The van der Waals surface area contributed by atoms with Gasteiger partial charge in [0.1, 0.15) is 0 Å². The van der Waals surface area contributed by atoms with Gasteiger partial charge in [-0.05, 0) is 29.7 Å². The Morgan fingerprint density at radius 3 is 2.54 bits per heavy atom. The van der Waals surface area contributed by atoms with Crippen molar-refractivity contribution in [2.45, 2.75) is 12.8 Å². The number of hydrazone groups is 1. The summed E-state index contributed by atoms with van der Waals surface area (Å²) in [5.74, 6) is 1.14. The second-order valence-corrected chi connectivity index (χ2v) is 5.70. The highest BCUT2D eigenvalue weighted by Crippen LogP contribution is 2.29. The van der Waals surface area contributed by atoms with Gasteiger partial charge in [-0.1, -0.05) is 36.4 Å². The highest BCUT2D eigenvalue weighted by atomic mass is 16.5. The molecule has 1 aliphatic heterocycles. The fourth-order valence-corrected chi connectivity index (χ4v) is 2.86. The Morgan fingerprint density at radius 1 is 1.08 bits per heavy atom. The molecule has 3 rings (SSSR count). The van der Waals surface area contributed by atoms with Gasteiger partial charge in [0, 0.05) is 12.3 Å². The molecule has 1 aliphatic rings. The first-order chi connectivity index (χ1) is 11.7. The summed E-state index contributed by atoms with van der Waals surface area (Å²) in [6.07, 6.45) is 1.24. The second-order valence-electron chi connectivity index (χ2n) is 5.70. The average molecular weight is 324 g/mol. The van der Waals surface area contributed by atoms with Crippen LogP contribution in [-0.2, 0) is 11.2 Å². The molecule has 2 aromatic rings. The Labute approximate surface area is 141 Å². The number of nitrogens with zero attached hydrogens (tertiary/aromatic N) is 1. The van der Waals surface area contributed by atoms with Gasteiger partial charge >= 0.3 is 0 Å². The van der Waals surface area contributed by atoms with Crippen LogP contribution in [-0.4, -0.2) is 25.8 Å². The van der Waals surface area contributed by atoms with Crippen molar-refractivity contribution < 1.29 is 14.3 Å². The topological polar surface area (TPSA) is 59.9 Å². The highest BCUT2D eigenvalue weighted by Gasteiger charge is 2.26. The molecular formula is C19H20N2O3. The monoisotopic (exact) mass is 324 g/mol. The number of ether oxygens (including phenoxy) is 2. The summed E-state index contributed by atoms with van der Waals surface area (Å²) >= 11 is 0. The normalized spacial score (nSPS) is 17.0. The fourth-order valence-electron chi connectivity index (χ4n) is 2.86. The molecule has 124 valence electrons. The number of amides is 1. The van der Waals surface area contributed by atoms with Crippen molar-refractivity contribution in [3.63, 3.8) is 0 Å². The van der Waals surface area contributed by atoms with Crippen molar-refractivity contribution in [3.8, 4) is 11.5 Å². The molecule has 2 aromatic carbocycles. The van der Waals surface area contributed by atoms with E-state index >= 15 is 0 Å². The summed E-state index contributed by atoms with van der Waals surface area (Å²) in [7, 11) is 3.21. The maximum absolute atomic E-state index is 12.2. The number of rotatable bonds is 5. The quantitative estimate of drug-likeness (QED) is 0.920. The lowest BCUT2D eigenvalue weighted by Crippen LogP contribution is -2.36. The highest BCUT2D eigenvalue weighted by molar-refractivity contribution is 6.04. The molecule has 0 saturated heterocycles. The van der Waals surface area contributed by atoms with Crippen LogP contribution in [0.1, 0.15) is 17.5 Å². The summed E-state index contributed by atoms with van der Waals surface area (Å²) in [5, 5.41) is 4.21. The van der Waals surface area contributed by atoms with Crippen molar-refractivity contribution in [2.75, 3.05) is 14.2 Å². The first kappa shape index (κ1) is 16.1. The van der Waals surface area contributed by atoms with Gasteiger partial charge < -0.3 is 9.47 Å². The first-order valence-corrected chi connectivity index (χ1v) is 7.84. The Hall–Kier alpha value is -2.82. The summed E-state index contributed by atoms with van der Waals surface area (Å²) in [6, 6.07) is 15.7. The molecular weight excluding hydrogens is 304 g/mol. The fraction of sp³-hybridized carbons (Fsp3) is 0.263.